The van der Waals surface area contributed by atoms with Gasteiger partial charge in [-0.2, -0.15) is 0 Å². The highest BCUT2D eigenvalue weighted by Crippen LogP contribution is 2.19. The van der Waals surface area contributed by atoms with Crippen molar-refractivity contribution >= 4 is 26.8 Å². The lowest BCUT2D eigenvalue weighted by molar-refractivity contribution is 0.100. The highest BCUT2D eigenvalue weighted by molar-refractivity contribution is 9.10. The van der Waals surface area contributed by atoms with Gasteiger partial charge in [0.15, 0.2) is 5.82 Å². The maximum Gasteiger partial charge on any atom is 0.261 e. The van der Waals surface area contributed by atoms with Crippen molar-refractivity contribution in [2.45, 2.75) is 31.9 Å². The van der Waals surface area contributed by atoms with E-state index >= 15 is 0 Å². The smallest absolute Gasteiger partial charge is 0.261 e. The molecule has 2 aromatic rings. The normalized spacial score (nSPS) is 18.8. The van der Waals surface area contributed by atoms with Crippen LogP contribution in [0.4, 0.5) is 4.39 Å². The van der Waals surface area contributed by atoms with Gasteiger partial charge in [0.25, 0.3) is 5.56 Å². The second-order valence-electron chi connectivity index (χ2n) is 4.95. The molecule has 6 heteroatoms. The van der Waals surface area contributed by atoms with Crippen LogP contribution in [-0.2, 0) is 11.3 Å². The first-order valence-corrected chi connectivity index (χ1v) is 7.40. The van der Waals surface area contributed by atoms with Gasteiger partial charge in [-0.25, -0.2) is 9.37 Å². The van der Waals surface area contributed by atoms with Crippen LogP contribution in [0.5, 0.6) is 0 Å². The van der Waals surface area contributed by atoms with E-state index in [9.17, 15) is 9.18 Å². The minimum Gasteiger partial charge on any atom is -0.378 e. The molecule has 1 saturated heterocycles. The third-order valence-electron chi connectivity index (χ3n) is 3.56. The monoisotopic (exact) mass is 340 g/mol. The molecule has 0 aliphatic carbocycles. The predicted molar refractivity (Wildman–Crippen MR) is 77.3 cm³/mol. The van der Waals surface area contributed by atoms with Crippen LogP contribution in [0, 0.1) is 5.82 Å². The zero-order chi connectivity index (χ0) is 14.1. The van der Waals surface area contributed by atoms with Crippen molar-refractivity contribution in [1.82, 2.24) is 9.55 Å². The molecule has 0 bridgehead atoms. The van der Waals surface area contributed by atoms with Crippen LogP contribution in [0.3, 0.4) is 0 Å². The molecule has 1 aliphatic heterocycles. The van der Waals surface area contributed by atoms with Gasteiger partial charge in [-0.05, 0) is 31.4 Å². The summed E-state index contributed by atoms with van der Waals surface area (Å²) in [5.74, 6) is -0.488. The zero-order valence-corrected chi connectivity index (χ0v) is 12.4. The average molecular weight is 341 g/mol. The van der Waals surface area contributed by atoms with E-state index in [-0.39, 0.29) is 17.2 Å². The molecule has 1 aliphatic rings. The summed E-state index contributed by atoms with van der Waals surface area (Å²) in [7, 11) is 0. The maximum atomic E-state index is 13.7. The molecule has 1 fully saturated rings. The van der Waals surface area contributed by atoms with Crippen molar-refractivity contribution in [3.63, 3.8) is 0 Å². The van der Waals surface area contributed by atoms with Gasteiger partial charge >= 0.3 is 0 Å². The van der Waals surface area contributed by atoms with E-state index in [1.54, 1.807) is 6.07 Å². The van der Waals surface area contributed by atoms with E-state index < -0.39 is 5.82 Å². The molecule has 3 rings (SSSR count). The third kappa shape index (κ3) is 2.62. The van der Waals surface area contributed by atoms with Crippen LogP contribution in [-0.4, -0.2) is 22.3 Å². The van der Waals surface area contributed by atoms with E-state index in [2.05, 4.69) is 20.9 Å². The summed E-state index contributed by atoms with van der Waals surface area (Å²) in [6.45, 7) is 1.34. The van der Waals surface area contributed by atoms with Gasteiger partial charge in [-0.15, -0.1) is 0 Å². The van der Waals surface area contributed by atoms with Gasteiger partial charge in [-0.1, -0.05) is 15.9 Å². The number of fused-ring (bicyclic) bond motifs is 1. The van der Waals surface area contributed by atoms with E-state index in [0.29, 0.717) is 16.4 Å². The van der Waals surface area contributed by atoms with E-state index in [1.807, 2.05) is 0 Å². The first-order valence-electron chi connectivity index (χ1n) is 6.61. The predicted octanol–water partition coefficient (Wildman–Crippen LogP) is 2.87. The van der Waals surface area contributed by atoms with E-state index in [1.165, 1.54) is 17.0 Å². The maximum absolute atomic E-state index is 13.7. The lowest BCUT2D eigenvalue weighted by Crippen LogP contribution is -2.23. The Hall–Kier alpha value is -1.27. The summed E-state index contributed by atoms with van der Waals surface area (Å²) in [6, 6.07) is 2.92. The van der Waals surface area contributed by atoms with Crippen LogP contribution in [0.15, 0.2) is 27.7 Å². The second-order valence-corrected chi connectivity index (χ2v) is 5.87. The summed E-state index contributed by atoms with van der Waals surface area (Å²) < 4.78 is 21.3. The molecular weight excluding hydrogens is 327 g/mol. The van der Waals surface area contributed by atoms with Crippen LogP contribution in [0.25, 0.3) is 10.9 Å². The van der Waals surface area contributed by atoms with Crippen LogP contribution < -0.4 is 5.56 Å². The summed E-state index contributed by atoms with van der Waals surface area (Å²) in [6.07, 6.45) is 4.53. The lowest BCUT2D eigenvalue weighted by atomic mass is 10.2. The fourth-order valence-electron chi connectivity index (χ4n) is 2.51. The summed E-state index contributed by atoms with van der Waals surface area (Å²) in [4.78, 5) is 16.4. The Morgan fingerprint density at radius 2 is 2.35 bits per heavy atom. The molecule has 1 aromatic heterocycles. The lowest BCUT2D eigenvalue weighted by Gasteiger charge is -2.11. The van der Waals surface area contributed by atoms with Gasteiger partial charge in [-0.3, -0.25) is 9.36 Å². The minimum absolute atomic E-state index is 0.117. The molecule has 0 unspecified atom stereocenters. The number of ether oxygens (including phenoxy) is 1. The molecule has 20 heavy (non-hydrogen) atoms. The SMILES string of the molecule is O=c1c2cc(Br)cc(F)c2ncn1CC[C@H]1CCCO1. The summed E-state index contributed by atoms with van der Waals surface area (Å²) >= 11 is 3.20. The Balaban J connectivity index is 1.92. The summed E-state index contributed by atoms with van der Waals surface area (Å²) in [5, 5.41) is 0.298. The molecule has 2 heterocycles. The zero-order valence-electron chi connectivity index (χ0n) is 10.8. The van der Waals surface area contributed by atoms with Crippen molar-refractivity contribution in [2.75, 3.05) is 6.61 Å². The van der Waals surface area contributed by atoms with Gasteiger partial charge < -0.3 is 4.74 Å². The van der Waals surface area contributed by atoms with Crippen molar-refractivity contribution in [1.29, 1.82) is 0 Å². The molecule has 0 amide bonds. The number of aromatic nitrogens is 2. The molecule has 1 atom stereocenters. The van der Waals surface area contributed by atoms with Crippen molar-refractivity contribution in [3.05, 3.63) is 39.1 Å². The molecule has 0 N–H and O–H groups in total. The fraction of sp³-hybridized carbons (Fsp3) is 0.429. The molecule has 4 nitrogen and oxygen atoms in total. The molecule has 0 spiro atoms. The van der Waals surface area contributed by atoms with Crippen molar-refractivity contribution < 1.29 is 9.13 Å². The number of rotatable bonds is 3. The highest BCUT2D eigenvalue weighted by Gasteiger charge is 2.16. The number of aryl methyl sites for hydroxylation is 1. The van der Waals surface area contributed by atoms with E-state index in [0.717, 1.165) is 25.9 Å². The average Bonchev–Trinajstić information content (AvgIpc) is 2.92. The Labute approximate surface area is 123 Å². The quantitative estimate of drug-likeness (QED) is 0.862. The number of halogens is 2. The van der Waals surface area contributed by atoms with Gasteiger partial charge in [0.1, 0.15) is 5.52 Å². The topological polar surface area (TPSA) is 44.1 Å². The van der Waals surface area contributed by atoms with Crippen molar-refractivity contribution in [2.24, 2.45) is 0 Å². The number of nitrogens with zero attached hydrogens (tertiary/aromatic N) is 2. The van der Waals surface area contributed by atoms with Crippen LogP contribution in [0.1, 0.15) is 19.3 Å². The highest BCUT2D eigenvalue weighted by atomic mass is 79.9. The number of benzene rings is 1. The van der Waals surface area contributed by atoms with Gasteiger partial charge in [0.2, 0.25) is 0 Å². The van der Waals surface area contributed by atoms with Crippen LogP contribution >= 0.6 is 15.9 Å². The minimum atomic E-state index is -0.488. The van der Waals surface area contributed by atoms with Crippen LogP contribution in [0.2, 0.25) is 0 Å². The van der Waals surface area contributed by atoms with E-state index in [4.69, 9.17) is 4.74 Å². The standard InChI is InChI=1S/C14H14BrFN2O2/c15-9-6-11-13(12(16)7-9)17-8-18(14(11)19)4-3-10-2-1-5-20-10/h6-8,10H,1-5H2/t10-/m1/s1. The first kappa shape index (κ1) is 13.7. The fourth-order valence-corrected chi connectivity index (χ4v) is 2.94. The molecule has 1 aromatic carbocycles. The summed E-state index contributed by atoms with van der Waals surface area (Å²) in [5.41, 5.74) is -0.0974. The van der Waals surface area contributed by atoms with Gasteiger partial charge in [0, 0.05) is 17.6 Å². The Morgan fingerprint density at radius 1 is 1.50 bits per heavy atom. The molecular formula is C14H14BrFN2O2. The molecule has 0 saturated carbocycles. The Morgan fingerprint density at radius 3 is 3.10 bits per heavy atom. The Bertz CT molecular complexity index is 695. The first-order chi connectivity index (χ1) is 9.65. The van der Waals surface area contributed by atoms with Gasteiger partial charge in [0.05, 0.1) is 17.8 Å². The number of hydrogen-bond acceptors (Lipinski definition) is 3. The number of hydrogen-bond donors (Lipinski definition) is 0. The third-order valence-corrected chi connectivity index (χ3v) is 4.02. The second kappa shape index (κ2) is 5.61. The largest absolute Gasteiger partial charge is 0.378 e. The Kier molecular flexibility index (Phi) is 3.85. The van der Waals surface area contributed by atoms with Crippen molar-refractivity contribution in [3.8, 4) is 0 Å². The molecule has 0 radical (unpaired) electrons. The molecule has 106 valence electrons.